The van der Waals surface area contributed by atoms with E-state index >= 15 is 0 Å². The maximum atomic E-state index is 8.61. The normalized spacial score (nSPS) is 7.50. The summed E-state index contributed by atoms with van der Waals surface area (Å²) in [6.07, 6.45) is 4.68. The van der Waals surface area contributed by atoms with Gasteiger partial charge in [-0.3, -0.25) is 0 Å². The van der Waals surface area contributed by atoms with Gasteiger partial charge in [0, 0.05) is 6.61 Å². The number of rotatable bonds is 4. The van der Waals surface area contributed by atoms with E-state index in [4.69, 9.17) is 12.1 Å². The molecule has 0 rings (SSSR count). The summed E-state index contributed by atoms with van der Waals surface area (Å²) in [4.78, 5) is 0. The molecule has 4 heteroatoms. The van der Waals surface area contributed by atoms with Crippen molar-refractivity contribution in [1.29, 1.82) is 0 Å². The third kappa shape index (κ3) is 23.7. The predicted octanol–water partition coefficient (Wildman–Crippen LogP) is 0.881. The van der Waals surface area contributed by atoms with Gasteiger partial charge in [0.2, 0.25) is 0 Å². The van der Waals surface area contributed by atoms with E-state index in [1.54, 1.807) is 0 Å². The van der Waals surface area contributed by atoms with Crippen LogP contribution in [0.5, 0.6) is 0 Å². The molecule has 61 valence electrons. The Hall–Kier alpha value is 0.434. The molecule has 0 aromatic carbocycles. The van der Waals surface area contributed by atoms with Crippen molar-refractivity contribution in [3.63, 3.8) is 0 Å². The first-order chi connectivity index (χ1) is 4.83. The van der Waals surface area contributed by atoms with Gasteiger partial charge >= 0.3 is 26.5 Å². The van der Waals surface area contributed by atoms with Gasteiger partial charge in [0.25, 0.3) is 0 Å². The first-order valence-corrected chi connectivity index (χ1v) is 4.79. The molecule has 0 aliphatic rings. The van der Waals surface area contributed by atoms with E-state index in [1.807, 2.05) is 0 Å². The average molecular weight is 183 g/mol. The summed E-state index contributed by atoms with van der Waals surface area (Å²) in [5, 5.41) is 8.29. The van der Waals surface area contributed by atoms with Crippen LogP contribution in [0.25, 0.3) is 0 Å². The van der Waals surface area contributed by atoms with Crippen molar-refractivity contribution >= 4 is 0 Å². The van der Waals surface area contributed by atoms with Crippen LogP contribution in [0.1, 0.15) is 32.6 Å². The Morgan fingerprint density at radius 2 is 1.80 bits per heavy atom. The predicted molar refractivity (Wildman–Crippen MR) is 34.1 cm³/mol. The van der Waals surface area contributed by atoms with Crippen LogP contribution >= 0.6 is 0 Å². The second kappa shape index (κ2) is 16.2. The first kappa shape index (κ1) is 13.1. The third-order valence-corrected chi connectivity index (χ3v) is 1.01. The molecular weight excluding hydrogens is 168 g/mol. The van der Waals surface area contributed by atoms with Crippen molar-refractivity contribution in [2.75, 3.05) is 6.61 Å². The Labute approximate surface area is 71.2 Å². The van der Waals surface area contributed by atoms with Gasteiger partial charge in [-0.1, -0.05) is 26.2 Å². The molecule has 0 amide bonds. The van der Waals surface area contributed by atoms with Crippen LogP contribution in [-0.4, -0.2) is 15.4 Å². The van der Waals surface area contributed by atoms with Crippen molar-refractivity contribution in [2.45, 2.75) is 32.6 Å². The van der Waals surface area contributed by atoms with Crippen LogP contribution in [-0.2, 0) is 22.8 Å². The first-order valence-electron chi connectivity index (χ1n) is 3.45. The van der Waals surface area contributed by atoms with E-state index in [0.717, 1.165) is 6.42 Å². The van der Waals surface area contributed by atoms with Crippen LogP contribution < -0.4 is 0 Å². The number of aliphatic hydroxyl groups is 1. The molecule has 0 fully saturated rings. The summed E-state index contributed by atoms with van der Waals surface area (Å²) in [5.41, 5.74) is 0. The van der Waals surface area contributed by atoms with Gasteiger partial charge in [0.05, 0.1) is 0 Å². The SMILES string of the molecule is CCCCCCO.[O]=[Ti][OH]. The van der Waals surface area contributed by atoms with E-state index in [9.17, 15) is 0 Å². The van der Waals surface area contributed by atoms with Crippen LogP contribution in [0.2, 0.25) is 0 Å². The number of hydrogen-bond donors (Lipinski definition) is 2. The Bertz CT molecular complexity index is 55.0. The van der Waals surface area contributed by atoms with Gasteiger partial charge in [-0.2, -0.15) is 0 Å². The average Bonchev–Trinajstić information content (AvgIpc) is 1.91. The molecule has 0 aliphatic heterocycles. The second-order valence-electron chi connectivity index (χ2n) is 1.88. The van der Waals surface area contributed by atoms with Crippen molar-refractivity contribution in [3.05, 3.63) is 0 Å². The molecule has 0 atom stereocenters. The minimum atomic E-state index is -1.75. The molecule has 0 radical (unpaired) electrons. The molecule has 0 saturated carbocycles. The molecule has 0 spiro atoms. The molecule has 2 N–H and O–H groups in total. The topological polar surface area (TPSA) is 57.5 Å². The van der Waals surface area contributed by atoms with E-state index in [1.165, 1.54) is 19.3 Å². The Kier molecular flexibility index (Phi) is 21.2. The van der Waals surface area contributed by atoms with Crippen LogP contribution in [0.15, 0.2) is 0 Å². The zero-order chi connectivity index (χ0) is 8.24. The molecule has 0 bridgehead atoms. The standard InChI is InChI=1S/C6H14O.H2O.O.Ti/c1-2-3-4-5-6-7;;;/h7H,2-6H2,1H3;1H2;;/q;;;+1/p-1. The van der Waals surface area contributed by atoms with Gasteiger partial charge in [-0.05, 0) is 6.42 Å². The van der Waals surface area contributed by atoms with Crippen molar-refractivity contribution in [1.82, 2.24) is 0 Å². The van der Waals surface area contributed by atoms with Crippen molar-refractivity contribution in [3.8, 4) is 0 Å². The molecule has 0 saturated heterocycles. The number of unbranched alkanes of at least 4 members (excludes halogenated alkanes) is 3. The summed E-state index contributed by atoms with van der Waals surface area (Å²) in [7, 11) is 0. The Balaban J connectivity index is 0. The zero-order valence-electron chi connectivity index (χ0n) is 6.34. The van der Waals surface area contributed by atoms with Crippen molar-refractivity contribution < 1.29 is 31.6 Å². The monoisotopic (exact) mass is 183 g/mol. The van der Waals surface area contributed by atoms with Crippen LogP contribution in [0.3, 0.4) is 0 Å². The molecule has 0 aliphatic carbocycles. The molecule has 0 aromatic heterocycles. The maximum absolute atomic E-state index is 8.61. The molecule has 10 heavy (non-hydrogen) atoms. The number of aliphatic hydroxyl groups excluding tert-OH is 1. The van der Waals surface area contributed by atoms with E-state index in [2.05, 4.69) is 6.92 Å². The van der Waals surface area contributed by atoms with E-state index < -0.39 is 19.5 Å². The summed E-state index contributed by atoms with van der Waals surface area (Å²) in [6, 6.07) is 0. The van der Waals surface area contributed by atoms with Gasteiger partial charge < -0.3 is 5.11 Å². The van der Waals surface area contributed by atoms with Crippen molar-refractivity contribution in [2.24, 2.45) is 0 Å². The zero-order valence-corrected chi connectivity index (χ0v) is 7.90. The molecular formula is C6H15O3Ti. The van der Waals surface area contributed by atoms with Gasteiger partial charge in [0.15, 0.2) is 0 Å². The quantitative estimate of drug-likeness (QED) is 0.502. The minimum absolute atomic E-state index is 0.361. The van der Waals surface area contributed by atoms with Gasteiger partial charge in [-0.15, -0.1) is 0 Å². The van der Waals surface area contributed by atoms with E-state index in [-0.39, 0.29) is 0 Å². The summed E-state index contributed by atoms with van der Waals surface area (Å²) >= 11 is -1.75. The molecule has 0 heterocycles. The second-order valence-corrected chi connectivity index (χ2v) is 2.16. The summed E-state index contributed by atoms with van der Waals surface area (Å²) in [5.74, 6) is 0. The molecule has 3 nitrogen and oxygen atoms in total. The van der Waals surface area contributed by atoms with Crippen LogP contribution in [0.4, 0.5) is 0 Å². The third-order valence-electron chi connectivity index (χ3n) is 1.01. The summed E-state index contributed by atoms with van der Waals surface area (Å²) in [6.45, 7) is 2.53. The van der Waals surface area contributed by atoms with Crippen LogP contribution in [0, 0.1) is 0 Å². The van der Waals surface area contributed by atoms with Gasteiger partial charge in [-0.25, -0.2) is 0 Å². The van der Waals surface area contributed by atoms with E-state index in [0.29, 0.717) is 6.61 Å². The fourth-order valence-corrected chi connectivity index (χ4v) is 0.539. The summed E-state index contributed by atoms with van der Waals surface area (Å²) < 4.78 is 15.8. The molecule has 0 aromatic rings. The Morgan fingerprint density at radius 1 is 1.30 bits per heavy atom. The Morgan fingerprint density at radius 3 is 2.10 bits per heavy atom. The molecule has 0 unspecified atom stereocenters. The number of hydrogen-bond acceptors (Lipinski definition) is 2. The fourth-order valence-electron chi connectivity index (χ4n) is 0.539. The fraction of sp³-hybridized carbons (Fsp3) is 1.00. The van der Waals surface area contributed by atoms with Gasteiger partial charge in [0.1, 0.15) is 0 Å².